The molecule has 3 aromatic carbocycles. The van der Waals surface area contributed by atoms with Crippen molar-refractivity contribution in [3.63, 3.8) is 0 Å². The van der Waals surface area contributed by atoms with Crippen molar-refractivity contribution in [3.8, 4) is 11.5 Å². The number of nitrogens with zero attached hydrogens (tertiary/aromatic N) is 2. The molecule has 6 heteroatoms. The van der Waals surface area contributed by atoms with E-state index in [1.165, 1.54) is 11.3 Å². The second kappa shape index (κ2) is 8.04. The van der Waals surface area contributed by atoms with Crippen LogP contribution in [-0.4, -0.2) is 23.1 Å². The Morgan fingerprint density at radius 3 is 2.42 bits per heavy atom. The number of anilines is 1. The molecular formula is C25H22N2O3S. The van der Waals surface area contributed by atoms with E-state index in [1.54, 1.807) is 4.90 Å². The maximum absolute atomic E-state index is 13.8. The molecule has 0 saturated heterocycles. The standard InChI is InChI=1S/C25H22N2O3S/c1-16-9-8-14-21-22(16)26-25(31-21)27(15-18-10-4-3-5-11-18)24(28)23-17(2)29-19-12-6-7-13-20(19)30-23/h3-14,17,23H,15H2,1-2H3. The average molecular weight is 431 g/mol. The van der Waals surface area contributed by atoms with Crippen LogP contribution in [0.4, 0.5) is 5.13 Å². The summed E-state index contributed by atoms with van der Waals surface area (Å²) in [6, 6.07) is 23.5. The van der Waals surface area contributed by atoms with Crippen molar-refractivity contribution in [1.82, 2.24) is 4.98 Å². The number of carbonyl (C=O) groups is 1. The van der Waals surface area contributed by atoms with Crippen LogP contribution in [-0.2, 0) is 11.3 Å². The summed E-state index contributed by atoms with van der Waals surface area (Å²) in [6.07, 6.45) is -1.18. The minimum Gasteiger partial charge on any atom is -0.482 e. The van der Waals surface area contributed by atoms with Crippen LogP contribution in [0.25, 0.3) is 10.2 Å². The fourth-order valence-electron chi connectivity index (χ4n) is 3.74. The molecule has 1 amide bonds. The quantitative estimate of drug-likeness (QED) is 0.437. The number of benzene rings is 3. The number of fused-ring (bicyclic) bond motifs is 2. The highest BCUT2D eigenvalue weighted by atomic mass is 32.1. The maximum Gasteiger partial charge on any atom is 0.274 e. The molecule has 2 heterocycles. The number of rotatable bonds is 4. The highest BCUT2D eigenvalue weighted by Crippen LogP contribution is 2.36. The van der Waals surface area contributed by atoms with Gasteiger partial charge in [-0.15, -0.1) is 0 Å². The monoisotopic (exact) mass is 430 g/mol. The molecule has 4 aromatic rings. The van der Waals surface area contributed by atoms with Crippen LogP contribution >= 0.6 is 11.3 Å². The van der Waals surface area contributed by atoms with Crippen molar-refractivity contribution in [2.24, 2.45) is 0 Å². The second-order valence-electron chi connectivity index (χ2n) is 7.64. The number of hydrogen-bond donors (Lipinski definition) is 0. The van der Waals surface area contributed by atoms with Crippen molar-refractivity contribution in [1.29, 1.82) is 0 Å². The van der Waals surface area contributed by atoms with E-state index in [9.17, 15) is 4.79 Å². The molecule has 0 fully saturated rings. The predicted molar refractivity (Wildman–Crippen MR) is 123 cm³/mol. The molecule has 31 heavy (non-hydrogen) atoms. The van der Waals surface area contributed by atoms with E-state index >= 15 is 0 Å². The molecular weight excluding hydrogens is 408 g/mol. The summed E-state index contributed by atoms with van der Waals surface area (Å²) in [7, 11) is 0. The van der Waals surface area contributed by atoms with Crippen molar-refractivity contribution in [2.75, 3.05) is 4.90 Å². The van der Waals surface area contributed by atoms with E-state index in [4.69, 9.17) is 14.5 Å². The number of aromatic nitrogens is 1. The Morgan fingerprint density at radius 1 is 0.968 bits per heavy atom. The third-order valence-corrected chi connectivity index (χ3v) is 6.42. The van der Waals surface area contributed by atoms with Crippen LogP contribution in [0.2, 0.25) is 0 Å². The lowest BCUT2D eigenvalue weighted by Crippen LogP contribution is -2.50. The van der Waals surface area contributed by atoms with Gasteiger partial charge in [-0.3, -0.25) is 9.69 Å². The van der Waals surface area contributed by atoms with Gasteiger partial charge < -0.3 is 9.47 Å². The number of para-hydroxylation sites is 3. The van der Waals surface area contributed by atoms with Crippen LogP contribution in [0.15, 0.2) is 72.8 Å². The molecule has 2 atom stereocenters. The van der Waals surface area contributed by atoms with Crippen molar-refractivity contribution >= 4 is 32.6 Å². The summed E-state index contributed by atoms with van der Waals surface area (Å²) >= 11 is 1.52. The fraction of sp³-hybridized carbons (Fsp3) is 0.200. The molecule has 0 bridgehead atoms. The first-order valence-electron chi connectivity index (χ1n) is 10.2. The molecule has 156 valence electrons. The van der Waals surface area contributed by atoms with Crippen LogP contribution < -0.4 is 14.4 Å². The highest BCUT2D eigenvalue weighted by molar-refractivity contribution is 7.22. The zero-order valence-electron chi connectivity index (χ0n) is 17.3. The molecule has 2 unspecified atom stereocenters. The largest absolute Gasteiger partial charge is 0.482 e. The topological polar surface area (TPSA) is 51.7 Å². The minimum absolute atomic E-state index is 0.164. The molecule has 5 nitrogen and oxygen atoms in total. The number of carbonyl (C=O) groups excluding carboxylic acids is 1. The number of amides is 1. The number of aryl methyl sites for hydroxylation is 1. The fourth-order valence-corrected chi connectivity index (χ4v) is 4.79. The van der Waals surface area contributed by atoms with E-state index in [0.717, 1.165) is 21.3 Å². The molecule has 5 rings (SSSR count). The third-order valence-electron chi connectivity index (χ3n) is 5.38. The number of hydrogen-bond acceptors (Lipinski definition) is 5. The summed E-state index contributed by atoms with van der Waals surface area (Å²) in [5, 5.41) is 0.660. The summed E-state index contributed by atoms with van der Waals surface area (Å²) in [4.78, 5) is 20.3. The van der Waals surface area contributed by atoms with Gasteiger partial charge in [-0.1, -0.05) is 65.9 Å². The highest BCUT2D eigenvalue weighted by Gasteiger charge is 2.38. The molecule has 0 saturated carbocycles. The van der Waals surface area contributed by atoms with E-state index < -0.39 is 12.2 Å². The van der Waals surface area contributed by atoms with E-state index in [-0.39, 0.29) is 5.91 Å². The van der Waals surface area contributed by atoms with Gasteiger partial charge >= 0.3 is 0 Å². The van der Waals surface area contributed by atoms with Gasteiger partial charge in [-0.05, 0) is 43.2 Å². The van der Waals surface area contributed by atoms with Crippen LogP contribution in [0.1, 0.15) is 18.1 Å². The Bertz CT molecular complexity index is 1240. The molecule has 0 spiro atoms. The zero-order valence-corrected chi connectivity index (χ0v) is 18.1. The van der Waals surface area contributed by atoms with Crippen LogP contribution in [0.3, 0.4) is 0 Å². The first kappa shape index (κ1) is 19.6. The molecule has 0 radical (unpaired) electrons. The minimum atomic E-state index is -0.758. The summed E-state index contributed by atoms with van der Waals surface area (Å²) < 4.78 is 13.2. The second-order valence-corrected chi connectivity index (χ2v) is 8.65. The normalized spacial score (nSPS) is 17.5. The number of ether oxygens (including phenoxy) is 2. The van der Waals surface area contributed by atoms with Gasteiger partial charge in [0.2, 0.25) is 6.10 Å². The molecule has 0 N–H and O–H groups in total. The maximum atomic E-state index is 13.8. The van der Waals surface area contributed by atoms with E-state index in [1.807, 2.05) is 86.6 Å². The van der Waals surface area contributed by atoms with Crippen LogP contribution in [0.5, 0.6) is 11.5 Å². The Labute approximate surface area is 184 Å². The Hall–Kier alpha value is -3.38. The van der Waals surface area contributed by atoms with Gasteiger partial charge in [0.15, 0.2) is 16.6 Å². The van der Waals surface area contributed by atoms with Gasteiger partial charge in [-0.25, -0.2) is 4.98 Å². The summed E-state index contributed by atoms with van der Waals surface area (Å²) in [5.41, 5.74) is 3.04. The average Bonchev–Trinajstić information content (AvgIpc) is 3.23. The Kier molecular flexibility index (Phi) is 5.08. The molecule has 1 aliphatic heterocycles. The van der Waals surface area contributed by atoms with E-state index in [2.05, 4.69) is 0 Å². The molecule has 1 aliphatic rings. The molecule has 1 aromatic heterocycles. The van der Waals surface area contributed by atoms with E-state index in [0.29, 0.717) is 23.2 Å². The smallest absolute Gasteiger partial charge is 0.274 e. The Balaban J connectivity index is 1.53. The van der Waals surface area contributed by atoms with Gasteiger partial charge in [0.05, 0.1) is 16.8 Å². The molecule has 0 aliphatic carbocycles. The first-order valence-corrected chi connectivity index (χ1v) is 11.1. The lowest BCUT2D eigenvalue weighted by molar-refractivity contribution is -0.130. The van der Waals surface area contributed by atoms with Gasteiger partial charge in [0, 0.05) is 0 Å². The first-order chi connectivity index (χ1) is 15.1. The lowest BCUT2D eigenvalue weighted by Gasteiger charge is -2.33. The predicted octanol–water partition coefficient (Wildman–Crippen LogP) is 5.37. The van der Waals surface area contributed by atoms with Gasteiger partial charge in [0.1, 0.15) is 6.10 Å². The Morgan fingerprint density at radius 2 is 1.68 bits per heavy atom. The van der Waals surface area contributed by atoms with Crippen molar-refractivity contribution < 1.29 is 14.3 Å². The number of thiazole rings is 1. The summed E-state index contributed by atoms with van der Waals surface area (Å²) in [6.45, 7) is 4.31. The third kappa shape index (κ3) is 3.75. The van der Waals surface area contributed by atoms with Crippen LogP contribution in [0, 0.1) is 6.92 Å². The SMILES string of the molecule is Cc1cccc2sc(N(Cc3ccccc3)C(=O)C3Oc4ccccc4OC3C)nc12. The zero-order chi connectivity index (χ0) is 21.4. The van der Waals surface area contributed by atoms with Crippen molar-refractivity contribution in [2.45, 2.75) is 32.6 Å². The van der Waals surface area contributed by atoms with Gasteiger partial charge in [0.25, 0.3) is 5.91 Å². The summed E-state index contributed by atoms with van der Waals surface area (Å²) in [5.74, 6) is 1.07. The van der Waals surface area contributed by atoms with Crippen molar-refractivity contribution in [3.05, 3.63) is 83.9 Å². The van der Waals surface area contributed by atoms with Gasteiger partial charge in [-0.2, -0.15) is 0 Å². The lowest BCUT2D eigenvalue weighted by atomic mass is 10.1.